The molecule has 5 rings (SSSR count). The minimum atomic E-state index is -4.71. The largest absolute Gasteiger partial charge is 0.418 e. The molecule has 37 heavy (non-hydrogen) atoms. The second kappa shape index (κ2) is 9.54. The highest BCUT2D eigenvalue weighted by atomic mass is 19.4. The maximum atomic E-state index is 13.1. The number of benzene rings is 1. The Kier molecular flexibility index (Phi) is 6.82. The number of fused-ring (bicyclic) bond motifs is 4. The highest BCUT2D eigenvalue weighted by Gasteiger charge is 2.63. The first kappa shape index (κ1) is 26.4. The smallest absolute Gasteiger partial charge is 0.411 e. The van der Waals surface area contributed by atoms with E-state index >= 15 is 0 Å². The zero-order valence-electron chi connectivity index (χ0n) is 21.6. The average molecular weight is 520 g/mol. The number of hydrogen-bond acceptors (Lipinski definition) is 5. The molecule has 0 spiro atoms. The maximum Gasteiger partial charge on any atom is 0.418 e. The third-order valence-corrected chi connectivity index (χ3v) is 9.90. The molecule has 0 amide bonds. The minimum absolute atomic E-state index is 0.0131. The van der Waals surface area contributed by atoms with Crippen LogP contribution in [0.3, 0.4) is 0 Å². The molecule has 0 radical (unpaired) electrons. The summed E-state index contributed by atoms with van der Waals surface area (Å²) in [5.41, 5.74) is 4.85. The van der Waals surface area contributed by atoms with Crippen LogP contribution in [-0.2, 0) is 9.47 Å². The molecular formula is C29H36F3NO4. The van der Waals surface area contributed by atoms with Gasteiger partial charge in [0, 0.05) is 25.6 Å². The Balaban J connectivity index is 1.63. The third kappa shape index (κ3) is 4.16. The fourth-order valence-electron chi connectivity index (χ4n) is 8.09. The Morgan fingerprint density at radius 2 is 1.84 bits per heavy atom. The molecule has 0 bridgehead atoms. The summed E-state index contributed by atoms with van der Waals surface area (Å²) in [6, 6.07) is 6.33. The molecule has 2 saturated carbocycles. The molecule has 8 heteroatoms. The lowest BCUT2D eigenvalue weighted by atomic mass is 9.51. The van der Waals surface area contributed by atoms with Crippen molar-refractivity contribution in [1.82, 2.24) is 0 Å². The Morgan fingerprint density at radius 1 is 1.11 bits per heavy atom. The molecule has 0 aromatic heterocycles. The minimum Gasteiger partial charge on any atom is -0.411 e. The van der Waals surface area contributed by atoms with Gasteiger partial charge in [0.25, 0.3) is 0 Å². The SMILES string of the molecule is COC[C@]1(OC)CC[C@H]2[C@@H]3CCC4=C/C(=N/O)CCC4=C3[C@@H](c3ccc(C(O)C(F)(F)F)cc3)C[C@@]21C. The predicted molar refractivity (Wildman–Crippen MR) is 134 cm³/mol. The van der Waals surface area contributed by atoms with Crippen LogP contribution in [0.1, 0.15) is 75.0 Å². The number of oxime groups is 1. The van der Waals surface area contributed by atoms with Crippen molar-refractivity contribution >= 4 is 5.71 Å². The predicted octanol–water partition coefficient (Wildman–Crippen LogP) is 6.47. The quantitative estimate of drug-likeness (QED) is 0.345. The molecule has 1 aromatic rings. The summed E-state index contributed by atoms with van der Waals surface area (Å²) in [6.07, 6.45) is 0.932. The van der Waals surface area contributed by atoms with Crippen LogP contribution in [0.4, 0.5) is 13.2 Å². The van der Waals surface area contributed by atoms with E-state index in [2.05, 4.69) is 12.1 Å². The van der Waals surface area contributed by atoms with Gasteiger partial charge in [0.1, 0.15) is 0 Å². The molecule has 4 aliphatic carbocycles. The van der Waals surface area contributed by atoms with Gasteiger partial charge in [-0.25, -0.2) is 0 Å². The van der Waals surface area contributed by atoms with Crippen molar-refractivity contribution < 1.29 is 33.0 Å². The van der Waals surface area contributed by atoms with Crippen LogP contribution in [0.5, 0.6) is 0 Å². The van der Waals surface area contributed by atoms with Crippen LogP contribution in [0, 0.1) is 17.3 Å². The molecule has 5 nitrogen and oxygen atoms in total. The molecule has 202 valence electrons. The molecule has 2 N–H and O–H groups in total. The van der Waals surface area contributed by atoms with Crippen LogP contribution < -0.4 is 0 Å². The number of nitrogens with zero attached hydrogens (tertiary/aromatic N) is 1. The number of methoxy groups -OCH3 is 2. The van der Waals surface area contributed by atoms with E-state index < -0.39 is 17.9 Å². The molecule has 0 saturated heterocycles. The van der Waals surface area contributed by atoms with Gasteiger partial charge in [0.15, 0.2) is 6.10 Å². The van der Waals surface area contributed by atoms with E-state index in [0.717, 1.165) is 44.1 Å². The van der Waals surface area contributed by atoms with Crippen molar-refractivity contribution in [3.63, 3.8) is 0 Å². The Bertz CT molecular complexity index is 1120. The summed E-state index contributed by atoms with van der Waals surface area (Å²) in [5, 5.41) is 22.6. The molecule has 1 unspecified atom stereocenters. The van der Waals surface area contributed by atoms with E-state index in [4.69, 9.17) is 9.47 Å². The van der Waals surface area contributed by atoms with E-state index in [0.29, 0.717) is 30.6 Å². The van der Waals surface area contributed by atoms with Gasteiger partial charge in [-0.15, -0.1) is 0 Å². The normalized spacial score (nSPS) is 35.6. The molecular weight excluding hydrogens is 483 g/mol. The van der Waals surface area contributed by atoms with Crippen LogP contribution in [-0.4, -0.2) is 48.6 Å². The number of alkyl halides is 3. The van der Waals surface area contributed by atoms with Gasteiger partial charge in [-0.2, -0.15) is 13.2 Å². The summed E-state index contributed by atoms with van der Waals surface area (Å²) in [4.78, 5) is 0. The number of halogens is 3. The number of rotatable bonds is 5. The van der Waals surface area contributed by atoms with E-state index in [1.807, 2.05) is 6.08 Å². The molecule has 4 aliphatic rings. The second-order valence-electron chi connectivity index (χ2n) is 11.4. The first-order chi connectivity index (χ1) is 17.6. The van der Waals surface area contributed by atoms with E-state index in [9.17, 15) is 23.5 Å². The zero-order valence-corrected chi connectivity index (χ0v) is 21.6. The van der Waals surface area contributed by atoms with Crippen molar-refractivity contribution in [1.29, 1.82) is 0 Å². The van der Waals surface area contributed by atoms with Crippen molar-refractivity contribution in [3.05, 3.63) is 58.2 Å². The fourth-order valence-corrected chi connectivity index (χ4v) is 8.09. The first-order valence-corrected chi connectivity index (χ1v) is 13.1. The Labute approximate surface area is 216 Å². The van der Waals surface area contributed by atoms with E-state index in [1.165, 1.54) is 28.9 Å². The van der Waals surface area contributed by atoms with Gasteiger partial charge in [-0.1, -0.05) is 41.9 Å². The fraction of sp³-hybridized carbons (Fsp3) is 0.621. The Morgan fingerprint density at radius 3 is 2.46 bits per heavy atom. The van der Waals surface area contributed by atoms with Crippen LogP contribution >= 0.6 is 0 Å². The van der Waals surface area contributed by atoms with Crippen LogP contribution in [0.25, 0.3) is 0 Å². The summed E-state index contributed by atoms with van der Waals surface area (Å²) < 4.78 is 51.3. The van der Waals surface area contributed by atoms with Gasteiger partial charge in [-0.05, 0) is 85.1 Å². The number of ether oxygens (including phenoxy) is 2. The summed E-state index contributed by atoms with van der Waals surface area (Å²) in [5.74, 6) is 0.777. The van der Waals surface area contributed by atoms with E-state index in [-0.39, 0.29) is 16.9 Å². The first-order valence-electron chi connectivity index (χ1n) is 13.1. The molecule has 0 aliphatic heterocycles. The lowest BCUT2D eigenvalue weighted by molar-refractivity contribution is -0.206. The Hall–Kier alpha value is -2.16. The standard InChI is InChI=1S/C29H36F3NO4/c1-27-15-23(17-4-6-18(7-5-17)26(34)29(30,31)32)25-21-11-9-20(33-35)14-19(21)8-10-22(25)24(27)12-13-28(27,37-3)16-36-2/h4-7,14,22-24,26,34-35H,8-13,15-16H2,1-3H3/b33-20+/t22-,23+,24-,26?,27-,28+/m0/s1. The number of hydrogen-bond donors (Lipinski definition) is 2. The lowest BCUT2D eigenvalue weighted by Gasteiger charge is -2.55. The van der Waals surface area contributed by atoms with Crippen LogP contribution in [0.15, 0.2) is 52.2 Å². The highest BCUT2D eigenvalue weighted by Crippen LogP contribution is 2.67. The van der Waals surface area contributed by atoms with Crippen molar-refractivity contribution in [2.45, 2.75) is 75.7 Å². The third-order valence-electron chi connectivity index (χ3n) is 9.90. The van der Waals surface area contributed by atoms with Gasteiger partial charge in [0.05, 0.1) is 17.9 Å². The highest BCUT2D eigenvalue weighted by molar-refractivity contribution is 5.97. The number of allylic oxidation sites excluding steroid dienone is 4. The molecule has 1 aromatic carbocycles. The van der Waals surface area contributed by atoms with Gasteiger partial charge in [0.2, 0.25) is 0 Å². The molecule has 0 heterocycles. The monoisotopic (exact) mass is 519 g/mol. The lowest BCUT2D eigenvalue weighted by Crippen LogP contribution is -2.54. The maximum absolute atomic E-state index is 13.1. The second-order valence-corrected chi connectivity index (χ2v) is 11.4. The summed E-state index contributed by atoms with van der Waals surface area (Å²) in [7, 11) is 3.47. The average Bonchev–Trinajstić information content (AvgIpc) is 3.19. The van der Waals surface area contributed by atoms with Gasteiger partial charge >= 0.3 is 6.18 Å². The number of aliphatic hydroxyl groups excluding tert-OH is 1. The van der Waals surface area contributed by atoms with Gasteiger partial charge < -0.3 is 19.8 Å². The van der Waals surface area contributed by atoms with Crippen molar-refractivity contribution in [3.8, 4) is 0 Å². The summed E-state index contributed by atoms with van der Waals surface area (Å²) in [6.45, 7) is 2.81. The van der Waals surface area contributed by atoms with Gasteiger partial charge in [-0.3, -0.25) is 0 Å². The van der Waals surface area contributed by atoms with Crippen molar-refractivity contribution in [2.24, 2.45) is 22.4 Å². The van der Waals surface area contributed by atoms with E-state index in [1.54, 1.807) is 26.4 Å². The van der Waals surface area contributed by atoms with Crippen molar-refractivity contribution in [2.75, 3.05) is 20.8 Å². The topological polar surface area (TPSA) is 71.3 Å². The molecule has 6 atom stereocenters. The zero-order chi connectivity index (χ0) is 26.6. The number of aliphatic hydroxyl groups is 1. The molecule has 2 fully saturated rings. The van der Waals surface area contributed by atoms with Crippen LogP contribution in [0.2, 0.25) is 0 Å². The summed E-state index contributed by atoms with van der Waals surface area (Å²) >= 11 is 0.